The highest BCUT2D eigenvalue weighted by atomic mass is 16.2. The highest BCUT2D eigenvalue weighted by molar-refractivity contribution is 5.94. The van der Waals surface area contributed by atoms with E-state index in [4.69, 9.17) is 0 Å². The first kappa shape index (κ1) is 32.7. The zero-order chi connectivity index (χ0) is 32.5. The fraction of sp³-hybridized carbons (Fsp3) is 0.389. The Bertz CT molecular complexity index is 1430. The predicted octanol–water partition coefficient (Wildman–Crippen LogP) is 2.91. The van der Waals surface area contributed by atoms with E-state index in [1.807, 2.05) is 91.0 Å². The minimum Gasteiger partial charge on any atom is -0.343 e. The van der Waals surface area contributed by atoms with E-state index in [1.54, 1.807) is 11.9 Å². The van der Waals surface area contributed by atoms with Gasteiger partial charge in [-0.1, -0.05) is 91.0 Å². The molecule has 0 radical (unpaired) electrons. The van der Waals surface area contributed by atoms with Crippen LogP contribution in [0.4, 0.5) is 4.79 Å². The Morgan fingerprint density at radius 3 is 1.98 bits per heavy atom. The van der Waals surface area contributed by atoms with E-state index in [2.05, 4.69) is 26.6 Å². The number of benzene rings is 3. The van der Waals surface area contributed by atoms with Gasteiger partial charge < -0.3 is 31.5 Å². The number of likely N-dealkylation sites (N-methyl/N-ethyl adjacent to an activating group) is 1. The Kier molecular flexibility index (Phi) is 11.0. The lowest BCUT2D eigenvalue weighted by Crippen LogP contribution is -2.59. The predicted molar refractivity (Wildman–Crippen MR) is 177 cm³/mol. The lowest BCUT2D eigenvalue weighted by Gasteiger charge is -2.33. The van der Waals surface area contributed by atoms with Crippen molar-refractivity contribution in [2.24, 2.45) is 5.92 Å². The molecular weight excluding hydrogens is 580 g/mol. The molecule has 0 aliphatic carbocycles. The zero-order valence-electron chi connectivity index (χ0n) is 26.4. The van der Waals surface area contributed by atoms with Crippen LogP contribution in [0.3, 0.4) is 0 Å². The van der Waals surface area contributed by atoms with Crippen molar-refractivity contribution in [2.75, 3.05) is 20.6 Å². The van der Waals surface area contributed by atoms with Crippen LogP contribution < -0.4 is 26.6 Å². The molecular formula is C36H44N6O4. The van der Waals surface area contributed by atoms with Gasteiger partial charge in [-0.15, -0.1) is 0 Å². The van der Waals surface area contributed by atoms with E-state index in [-0.39, 0.29) is 48.3 Å². The fourth-order valence-electron chi connectivity index (χ4n) is 6.72. The molecule has 2 saturated heterocycles. The second kappa shape index (κ2) is 15.5. The number of carbonyl (C=O) groups is 4. The Hall–Kier alpha value is -4.70. The molecule has 10 heteroatoms. The monoisotopic (exact) mass is 624 g/mol. The maximum atomic E-state index is 14.5. The van der Waals surface area contributed by atoms with Crippen LogP contribution in [0.15, 0.2) is 91.0 Å². The minimum absolute atomic E-state index is 0.135. The normalized spacial score (nSPS) is 21.5. The van der Waals surface area contributed by atoms with E-state index in [0.717, 1.165) is 16.7 Å². The van der Waals surface area contributed by atoms with Gasteiger partial charge in [0.25, 0.3) is 0 Å². The van der Waals surface area contributed by atoms with Gasteiger partial charge in [-0.3, -0.25) is 14.4 Å². The van der Waals surface area contributed by atoms with Gasteiger partial charge in [0, 0.05) is 25.6 Å². The quantitative estimate of drug-likeness (QED) is 0.224. The standard InChI is InChI=1S/C36H44N6O4/c1-37-29(22-24-12-6-3-7-13-24)33(43)41-32-27(23-39-36(46)38-2)18-19-28-20-21-30(42(28)35(32)45)34(44)40-31(25-14-8-4-9-15-25)26-16-10-5-11-17-26/h3-17,27-32,37H,18-23H2,1-2H3,(H,40,44)(H,41,43)(H2,38,39,46)/t27-,28+,29-,30+,32+/m1/s1. The van der Waals surface area contributed by atoms with Crippen LogP contribution in [0.1, 0.15) is 48.4 Å². The number of amides is 5. The van der Waals surface area contributed by atoms with Crippen LogP contribution in [0, 0.1) is 5.92 Å². The Morgan fingerprint density at radius 2 is 1.39 bits per heavy atom. The summed E-state index contributed by atoms with van der Waals surface area (Å²) in [7, 11) is 3.25. The summed E-state index contributed by atoms with van der Waals surface area (Å²) in [5.74, 6) is -1.17. The van der Waals surface area contributed by atoms with Crippen LogP contribution in [-0.2, 0) is 20.8 Å². The lowest BCUT2D eigenvalue weighted by atomic mass is 9.92. The molecule has 0 aromatic heterocycles. The van der Waals surface area contributed by atoms with Crippen LogP contribution in [-0.4, -0.2) is 73.5 Å². The lowest BCUT2D eigenvalue weighted by molar-refractivity contribution is -0.143. The molecule has 2 aliphatic heterocycles. The molecule has 3 aromatic carbocycles. The summed E-state index contributed by atoms with van der Waals surface area (Å²) in [5, 5.41) is 14.8. The fourth-order valence-corrected chi connectivity index (χ4v) is 6.72. The molecule has 2 heterocycles. The van der Waals surface area contributed by atoms with Crippen molar-refractivity contribution in [1.29, 1.82) is 0 Å². The molecule has 2 aliphatic rings. The van der Waals surface area contributed by atoms with E-state index in [9.17, 15) is 19.2 Å². The van der Waals surface area contributed by atoms with Crippen molar-refractivity contribution in [3.05, 3.63) is 108 Å². The zero-order valence-corrected chi connectivity index (χ0v) is 26.4. The van der Waals surface area contributed by atoms with Crippen molar-refractivity contribution in [3.63, 3.8) is 0 Å². The molecule has 46 heavy (non-hydrogen) atoms. The van der Waals surface area contributed by atoms with Gasteiger partial charge in [-0.25, -0.2) is 4.79 Å². The summed E-state index contributed by atoms with van der Waals surface area (Å²) in [6, 6.07) is 26.2. The van der Waals surface area contributed by atoms with Crippen molar-refractivity contribution < 1.29 is 19.2 Å². The third-order valence-electron chi connectivity index (χ3n) is 9.22. The van der Waals surface area contributed by atoms with Crippen LogP contribution in [0.5, 0.6) is 0 Å². The molecule has 0 unspecified atom stereocenters. The van der Waals surface area contributed by atoms with Gasteiger partial charge in [0.05, 0.1) is 12.1 Å². The van der Waals surface area contributed by atoms with Crippen molar-refractivity contribution in [2.45, 2.75) is 62.3 Å². The molecule has 3 aromatic rings. The van der Waals surface area contributed by atoms with Gasteiger partial charge in [-0.05, 0) is 55.8 Å². The molecule has 5 rings (SSSR count). The van der Waals surface area contributed by atoms with Gasteiger partial charge in [0.2, 0.25) is 17.7 Å². The first-order valence-electron chi connectivity index (χ1n) is 16.1. The SMILES string of the molecule is CNC(=O)NC[C@H]1CC[C@H]2CC[C@@H](C(=O)NC(c3ccccc3)c3ccccc3)N2C(=O)[C@H]1NC(=O)[C@@H](Cc1ccccc1)NC. The number of urea groups is 1. The van der Waals surface area contributed by atoms with Crippen LogP contribution in [0.2, 0.25) is 0 Å². The van der Waals surface area contributed by atoms with Crippen LogP contribution >= 0.6 is 0 Å². The largest absolute Gasteiger partial charge is 0.343 e. The third kappa shape index (κ3) is 7.74. The molecule has 10 nitrogen and oxygen atoms in total. The maximum absolute atomic E-state index is 14.5. The third-order valence-corrected chi connectivity index (χ3v) is 9.22. The Morgan fingerprint density at radius 1 is 0.804 bits per heavy atom. The molecule has 5 atom stereocenters. The van der Waals surface area contributed by atoms with Crippen molar-refractivity contribution in [3.8, 4) is 0 Å². The van der Waals surface area contributed by atoms with Crippen molar-refractivity contribution >= 4 is 23.8 Å². The van der Waals surface area contributed by atoms with Crippen molar-refractivity contribution in [1.82, 2.24) is 31.5 Å². The van der Waals surface area contributed by atoms with Crippen LogP contribution in [0.25, 0.3) is 0 Å². The average Bonchev–Trinajstić information content (AvgIpc) is 3.48. The van der Waals surface area contributed by atoms with Gasteiger partial charge >= 0.3 is 6.03 Å². The highest BCUT2D eigenvalue weighted by Gasteiger charge is 2.48. The van der Waals surface area contributed by atoms with E-state index < -0.39 is 18.1 Å². The van der Waals surface area contributed by atoms with Gasteiger partial charge in [-0.2, -0.15) is 0 Å². The van der Waals surface area contributed by atoms with E-state index in [0.29, 0.717) is 32.1 Å². The summed E-state index contributed by atoms with van der Waals surface area (Å²) in [4.78, 5) is 56.1. The maximum Gasteiger partial charge on any atom is 0.314 e. The number of hydrogen-bond donors (Lipinski definition) is 5. The molecule has 0 spiro atoms. The number of hydrogen-bond acceptors (Lipinski definition) is 5. The molecule has 242 valence electrons. The molecule has 5 amide bonds. The summed E-state index contributed by atoms with van der Waals surface area (Å²) in [6.07, 6.45) is 2.95. The number of rotatable bonds is 11. The Labute approximate surface area is 270 Å². The van der Waals surface area contributed by atoms with Gasteiger partial charge in [0.1, 0.15) is 12.1 Å². The Balaban J connectivity index is 1.39. The topological polar surface area (TPSA) is 132 Å². The summed E-state index contributed by atoms with van der Waals surface area (Å²) >= 11 is 0. The number of fused-ring (bicyclic) bond motifs is 1. The van der Waals surface area contributed by atoms with Gasteiger partial charge in [0.15, 0.2) is 0 Å². The second-order valence-corrected chi connectivity index (χ2v) is 12.1. The second-order valence-electron chi connectivity index (χ2n) is 12.1. The first-order chi connectivity index (χ1) is 22.4. The summed E-state index contributed by atoms with van der Waals surface area (Å²) < 4.78 is 0. The smallest absolute Gasteiger partial charge is 0.314 e. The first-order valence-corrected chi connectivity index (χ1v) is 16.1. The average molecular weight is 625 g/mol. The minimum atomic E-state index is -0.909. The highest BCUT2D eigenvalue weighted by Crippen LogP contribution is 2.35. The number of nitrogens with zero attached hydrogens (tertiary/aromatic N) is 1. The molecule has 5 N–H and O–H groups in total. The van der Waals surface area contributed by atoms with E-state index >= 15 is 0 Å². The van der Waals surface area contributed by atoms with E-state index in [1.165, 1.54) is 7.05 Å². The molecule has 0 saturated carbocycles. The number of carbonyl (C=O) groups excluding carboxylic acids is 4. The molecule has 0 bridgehead atoms. The number of nitrogens with one attached hydrogen (secondary N) is 5. The summed E-state index contributed by atoms with van der Waals surface area (Å²) in [6.45, 7) is 0.209. The summed E-state index contributed by atoms with van der Waals surface area (Å²) in [5.41, 5.74) is 2.88. The molecule has 2 fully saturated rings.